The first-order chi connectivity index (χ1) is 19.6. The van der Waals surface area contributed by atoms with Crippen molar-refractivity contribution in [2.45, 2.75) is 103 Å². The van der Waals surface area contributed by atoms with E-state index in [9.17, 15) is 40.5 Å². The molecular weight excluding hydrogens is 536 g/mol. The number of nitro groups is 4. The number of aryl methyl sites for hydroxylation is 2. The Balaban J connectivity index is 1.92. The van der Waals surface area contributed by atoms with Crippen LogP contribution in [-0.4, -0.2) is 31.9 Å². The van der Waals surface area contributed by atoms with E-state index >= 15 is 0 Å². The standard InChI is InChI=1S/C28H38N4O9/c1-3-11-23(17-7-5-13-21-15-9-19-25(29(33)34)27(21)31(37)38)41-24(12-4-2)18-8-6-14-22-16-10-20-26(30(35)36)28(22)32(39)40/h9-10,15-16,19-20,23-24H,3-8,11-14,17-18H2,1-2H3. The average Bonchev–Trinajstić information content (AvgIpc) is 2.92. The Kier molecular flexibility index (Phi) is 13.7. The van der Waals surface area contributed by atoms with Crippen LogP contribution in [0, 0.1) is 40.5 Å². The molecule has 41 heavy (non-hydrogen) atoms. The Hall–Kier alpha value is -4.00. The number of benzene rings is 2. The average molecular weight is 575 g/mol. The largest absolute Gasteiger partial charge is 0.375 e. The zero-order valence-electron chi connectivity index (χ0n) is 23.6. The summed E-state index contributed by atoms with van der Waals surface area (Å²) in [5, 5.41) is 45.3. The number of nitro benzene ring substituents is 4. The Morgan fingerprint density at radius 3 is 1.29 bits per heavy atom. The van der Waals surface area contributed by atoms with Gasteiger partial charge in [0.1, 0.15) is 0 Å². The lowest BCUT2D eigenvalue weighted by Crippen LogP contribution is -2.22. The molecule has 0 aromatic heterocycles. The molecular formula is C28H38N4O9. The second kappa shape index (κ2) is 17.0. The van der Waals surface area contributed by atoms with E-state index in [4.69, 9.17) is 4.74 Å². The van der Waals surface area contributed by atoms with Gasteiger partial charge < -0.3 is 4.74 Å². The third-order valence-electron chi connectivity index (χ3n) is 7.01. The van der Waals surface area contributed by atoms with Gasteiger partial charge in [-0.3, -0.25) is 40.5 Å². The third kappa shape index (κ3) is 10.2. The normalized spacial score (nSPS) is 12.5. The van der Waals surface area contributed by atoms with Crippen LogP contribution in [0.2, 0.25) is 0 Å². The molecule has 2 rings (SSSR count). The number of ether oxygens (including phenoxy) is 1. The lowest BCUT2D eigenvalue weighted by Gasteiger charge is -2.25. The molecule has 224 valence electrons. The highest BCUT2D eigenvalue weighted by atomic mass is 16.6. The van der Waals surface area contributed by atoms with Gasteiger partial charge in [0.2, 0.25) is 0 Å². The van der Waals surface area contributed by atoms with E-state index < -0.39 is 42.4 Å². The SMILES string of the molecule is CCCC(CCCCc1cccc([N+](=O)[O-])c1[N+](=O)[O-])OC(CCC)CCCCc1cccc([N+](=O)[O-])c1[N+](=O)[O-]. The molecule has 0 aliphatic carbocycles. The van der Waals surface area contributed by atoms with Crippen LogP contribution in [0.5, 0.6) is 0 Å². The van der Waals surface area contributed by atoms with E-state index in [0.29, 0.717) is 36.8 Å². The summed E-state index contributed by atoms with van der Waals surface area (Å²) in [5.41, 5.74) is -1.19. The van der Waals surface area contributed by atoms with Crippen molar-refractivity contribution in [3.63, 3.8) is 0 Å². The summed E-state index contributed by atoms with van der Waals surface area (Å²) in [7, 11) is 0. The number of para-hydroxylation sites is 2. The van der Waals surface area contributed by atoms with Gasteiger partial charge in [-0.1, -0.05) is 63.8 Å². The zero-order valence-corrected chi connectivity index (χ0v) is 23.6. The molecule has 0 aliphatic heterocycles. The predicted octanol–water partition coefficient (Wildman–Crippen LogP) is 7.80. The van der Waals surface area contributed by atoms with Crippen molar-refractivity contribution in [1.82, 2.24) is 0 Å². The molecule has 0 saturated carbocycles. The summed E-state index contributed by atoms with van der Waals surface area (Å²) in [4.78, 5) is 42.5. The summed E-state index contributed by atoms with van der Waals surface area (Å²) in [5.74, 6) is 0. The molecule has 0 fully saturated rings. The van der Waals surface area contributed by atoms with Gasteiger partial charge in [-0.15, -0.1) is 0 Å². The van der Waals surface area contributed by atoms with Crippen molar-refractivity contribution in [3.8, 4) is 0 Å². The minimum absolute atomic E-state index is 0.00880. The summed E-state index contributed by atoms with van der Waals surface area (Å²) < 4.78 is 6.47. The van der Waals surface area contributed by atoms with Crippen molar-refractivity contribution in [3.05, 3.63) is 88.0 Å². The zero-order chi connectivity index (χ0) is 30.4. The maximum atomic E-state index is 11.5. The molecule has 2 aromatic carbocycles. The van der Waals surface area contributed by atoms with Gasteiger partial charge in [0, 0.05) is 23.3 Å². The van der Waals surface area contributed by atoms with Crippen LogP contribution in [0.15, 0.2) is 36.4 Å². The van der Waals surface area contributed by atoms with Gasteiger partial charge in [-0.2, -0.15) is 0 Å². The summed E-state index contributed by atoms with van der Waals surface area (Å²) in [6, 6.07) is 8.35. The Labute approximate surface area is 238 Å². The van der Waals surface area contributed by atoms with Crippen LogP contribution >= 0.6 is 0 Å². The number of unbranched alkanes of at least 4 members (excludes halogenated alkanes) is 2. The molecule has 0 saturated heterocycles. The van der Waals surface area contributed by atoms with Crippen LogP contribution in [0.1, 0.15) is 89.2 Å². The molecule has 0 radical (unpaired) electrons. The molecule has 0 spiro atoms. The molecule has 2 atom stereocenters. The highest BCUT2D eigenvalue weighted by molar-refractivity contribution is 5.58. The minimum Gasteiger partial charge on any atom is -0.375 e. The van der Waals surface area contributed by atoms with Crippen molar-refractivity contribution < 1.29 is 24.4 Å². The first-order valence-electron chi connectivity index (χ1n) is 14.1. The maximum Gasteiger partial charge on any atom is 0.349 e. The minimum atomic E-state index is -0.731. The maximum absolute atomic E-state index is 11.5. The molecule has 0 heterocycles. The van der Waals surface area contributed by atoms with E-state index in [1.165, 1.54) is 12.1 Å². The van der Waals surface area contributed by atoms with Gasteiger partial charge in [0.05, 0.1) is 31.9 Å². The highest BCUT2D eigenvalue weighted by Gasteiger charge is 2.28. The predicted molar refractivity (Wildman–Crippen MR) is 153 cm³/mol. The second-order valence-electron chi connectivity index (χ2n) is 10.0. The Morgan fingerprint density at radius 1 is 0.585 bits per heavy atom. The fourth-order valence-electron chi connectivity index (χ4n) is 5.13. The summed E-state index contributed by atoms with van der Waals surface area (Å²) in [6.45, 7) is 4.15. The quantitative estimate of drug-likeness (QED) is 0.0864. The topological polar surface area (TPSA) is 182 Å². The van der Waals surface area contributed by atoms with Crippen LogP contribution in [0.25, 0.3) is 0 Å². The monoisotopic (exact) mass is 574 g/mol. The van der Waals surface area contributed by atoms with Crippen molar-refractivity contribution in [1.29, 1.82) is 0 Å². The molecule has 13 heteroatoms. The van der Waals surface area contributed by atoms with Gasteiger partial charge >= 0.3 is 22.7 Å². The lowest BCUT2D eigenvalue weighted by atomic mass is 10.00. The van der Waals surface area contributed by atoms with E-state index in [2.05, 4.69) is 13.8 Å². The van der Waals surface area contributed by atoms with Crippen LogP contribution in [-0.2, 0) is 17.6 Å². The molecule has 0 N–H and O–H groups in total. The van der Waals surface area contributed by atoms with E-state index in [1.54, 1.807) is 12.1 Å². The van der Waals surface area contributed by atoms with Crippen LogP contribution in [0.4, 0.5) is 22.7 Å². The van der Waals surface area contributed by atoms with E-state index in [-0.39, 0.29) is 12.2 Å². The molecule has 2 unspecified atom stereocenters. The smallest absolute Gasteiger partial charge is 0.349 e. The number of hydrogen-bond donors (Lipinski definition) is 0. The van der Waals surface area contributed by atoms with E-state index in [0.717, 1.165) is 63.5 Å². The highest BCUT2D eigenvalue weighted by Crippen LogP contribution is 2.33. The van der Waals surface area contributed by atoms with Gasteiger partial charge in [0.15, 0.2) is 0 Å². The van der Waals surface area contributed by atoms with Crippen LogP contribution in [0.3, 0.4) is 0 Å². The summed E-state index contributed by atoms with van der Waals surface area (Å²) in [6.07, 6.45) is 8.59. The van der Waals surface area contributed by atoms with Crippen molar-refractivity contribution >= 4 is 22.7 Å². The first-order valence-corrected chi connectivity index (χ1v) is 14.1. The van der Waals surface area contributed by atoms with Gasteiger partial charge in [-0.25, -0.2) is 0 Å². The molecule has 0 aliphatic rings. The van der Waals surface area contributed by atoms with Crippen molar-refractivity contribution in [2.75, 3.05) is 0 Å². The fraction of sp³-hybridized carbons (Fsp3) is 0.571. The van der Waals surface area contributed by atoms with Gasteiger partial charge in [0.25, 0.3) is 0 Å². The number of nitrogens with zero attached hydrogens (tertiary/aromatic N) is 4. The first kappa shape index (κ1) is 33.2. The Morgan fingerprint density at radius 2 is 0.976 bits per heavy atom. The second-order valence-corrected chi connectivity index (χ2v) is 10.0. The van der Waals surface area contributed by atoms with Crippen molar-refractivity contribution in [2.24, 2.45) is 0 Å². The Bertz CT molecular complexity index is 1110. The number of hydrogen-bond acceptors (Lipinski definition) is 9. The van der Waals surface area contributed by atoms with Crippen LogP contribution < -0.4 is 0 Å². The molecule has 0 amide bonds. The molecule has 2 aromatic rings. The summed E-state index contributed by atoms with van der Waals surface area (Å²) >= 11 is 0. The van der Waals surface area contributed by atoms with Gasteiger partial charge in [-0.05, 0) is 51.4 Å². The lowest BCUT2D eigenvalue weighted by molar-refractivity contribution is -0.423. The fourth-order valence-corrected chi connectivity index (χ4v) is 5.13. The molecule has 13 nitrogen and oxygen atoms in total. The molecule has 0 bridgehead atoms. The third-order valence-corrected chi connectivity index (χ3v) is 7.01. The van der Waals surface area contributed by atoms with E-state index in [1.807, 2.05) is 0 Å². The number of rotatable bonds is 20.